The Kier molecular flexibility index (Phi) is 4.71. The van der Waals surface area contributed by atoms with Crippen LogP contribution in [0.25, 0.3) is 22.3 Å². The molecular formula is C17H17F3N4O2. The van der Waals surface area contributed by atoms with Crippen molar-refractivity contribution in [3.05, 3.63) is 36.7 Å². The SMILES string of the molecule is CC(C)N(CCC(F)(F)F)C(=O)c1cc(-c2ncnc3[nH]ccc23)co1. The summed E-state index contributed by atoms with van der Waals surface area (Å²) in [5.41, 5.74) is 1.77. The van der Waals surface area contributed by atoms with Gasteiger partial charge in [0.25, 0.3) is 5.91 Å². The zero-order valence-corrected chi connectivity index (χ0v) is 14.2. The molecule has 6 nitrogen and oxygen atoms in total. The second-order valence-electron chi connectivity index (χ2n) is 6.12. The minimum absolute atomic E-state index is 0.0295. The quantitative estimate of drug-likeness (QED) is 0.740. The molecule has 0 spiro atoms. The third-order valence-corrected chi connectivity index (χ3v) is 3.96. The third kappa shape index (κ3) is 3.71. The fraction of sp³-hybridized carbons (Fsp3) is 0.353. The van der Waals surface area contributed by atoms with Gasteiger partial charge in [-0.15, -0.1) is 0 Å². The Morgan fingerprint density at radius 1 is 1.35 bits per heavy atom. The third-order valence-electron chi connectivity index (χ3n) is 3.96. The Bertz CT molecular complexity index is 914. The van der Waals surface area contributed by atoms with Gasteiger partial charge in [-0.25, -0.2) is 9.97 Å². The van der Waals surface area contributed by atoms with Crippen LogP contribution in [0, 0.1) is 0 Å². The van der Waals surface area contributed by atoms with Gasteiger partial charge in [0.05, 0.1) is 12.1 Å². The number of nitrogens with one attached hydrogen (secondary N) is 1. The van der Waals surface area contributed by atoms with Crippen LogP contribution in [0.15, 0.2) is 35.3 Å². The maximum Gasteiger partial charge on any atom is 0.390 e. The molecule has 3 aromatic rings. The van der Waals surface area contributed by atoms with Gasteiger partial charge in [-0.05, 0) is 26.0 Å². The van der Waals surface area contributed by atoms with Gasteiger partial charge in [0.2, 0.25) is 0 Å². The molecule has 0 fully saturated rings. The molecule has 0 aromatic carbocycles. The largest absolute Gasteiger partial charge is 0.458 e. The van der Waals surface area contributed by atoms with Crippen molar-refractivity contribution in [2.24, 2.45) is 0 Å². The Balaban J connectivity index is 1.86. The summed E-state index contributed by atoms with van der Waals surface area (Å²) in [7, 11) is 0. The normalized spacial score (nSPS) is 12.1. The van der Waals surface area contributed by atoms with E-state index in [1.54, 1.807) is 26.1 Å². The highest BCUT2D eigenvalue weighted by molar-refractivity contribution is 5.95. The van der Waals surface area contributed by atoms with Crippen molar-refractivity contribution in [3.8, 4) is 11.3 Å². The molecule has 0 aliphatic rings. The molecule has 138 valence electrons. The van der Waals surface area contributed by atoms with Gasteiger partial charge in [0, 0.05) is 29.7 Å². The van der Waals surface area contributed by atoms with Crippen LogP contribution in [0.5, 0.6) is 0 Å². The summed E-state index contributed by atoms with van der Waals surface area (Å²) >= 11 is 0. The van der Waals surface area contributed by atoms with Crippen LogP contribution in [0.2, 0.25) is 0 Å². The number of carbonyl (C=O) groups is 1. The molecule has 0 saturated heterocycles. The Hall–Kier alpha value is -2.84. The van der Waals surface area contributed by atoms with Crippen LogP contribution in [-0.4, -0.2) is 44.5 Å². The Morgan fingerprint density at radius 3 is 2.81 bits per heavy atom. The highest BCUT2D eigenvalue weighted by Crippen LogP contribution is 2.27. The Morgan fingerprint density at radius 2 is 2.12 bits per heavy atom. The highest BCUT2D eigenvalue weighted by Gasteiger charge is 2.31. The van der Waals surface area contributed by atoms with Gasteiger partial charge in [-0.2, -0.15) is 13.2 Å². The first kappa shape index (κ1) is 18.0. The lowest BCUT2D eigenvalue weighted by Gasteiger charge is -2.26. The molecule has 1 N–H and O–H groups in total. The number of fused-ring (bicyclic) bond motifs is 1. The average Bonchev–Trinajstić information content (AvgIpc) is 3.22. The lowest BCUT2D eigenvalue weighted by Crippen LogP contribution is -2.39. The summed E-state index contributed by atoms with van der Waals surface area (Å²) in [5.74, 6) is -0.618. The number of nitrogens with zero attached hydrogens (tertiary/aromatic N) is 3. The van der Waals surface area contributed by atoms with Gasteiger partial charge in [-0.1, -0.05) is 0 Å². The van der Waals surface area contributed by atoms with Gasteiger partial charge >= 0.3 is 6.18 Å². The maximum atomic E-state index is 12.6. The molecule has 0 aliphatic carbocycles. The molecule has 3 rings (SSSR count). The van der Waals surface area contributed by atoms with Crippen molar-refractivity contribution >= 4 is 16.9 Å². The van der Waals surface area contributed by atoms with E-state index in [2.05, 4.69) is 15.0 Å². The first-order chi connectivity index (χ1) is 12.3. The fourth-order valence-electron chi connectivity index (χ4n) is 2.66. The minimum atomic E-state index is -4.33. The highest BCUT2D eigenvalue weighted by atomic mass is 19.4. The summed E-state index contributed by atoms with van der Waals surface area (Å²) in [4.78, 5) is 25.0. The topological polar surface area (TPSA) is 75.0 Å². The molecule has 0 bridgehead atoms. The van der Waals surface area contributed by atoms with E-state index < -0.39 is 31.1 Å². The van der Waals surface area contributed by atoms with Crippen molar-refractivity contribution in [1.82, 2.24) is 19.9 Å². The van der Waals surface area contributed by atoms with Gasteiger partial charge < -0.3 is 14.3 Å². The summed E-state index contributed by atoms with van der Waals surface area (Å²) in [6.45, 7) is 2.89. The van der Waals surface area contributed by atoms with Crippen molar-refractivity contribution in [3.63, 3.8) is 0 Å². The van der Waals surface area contributed by atoms with Gasteiger partial charge in [0.15, 0.2) is 5.76 Å². The van der Waals surface area contributed by atoms with Gasteiger partial charge in [-0.3, -0.25) is 4.79 Å². The number of carbonyl (C=O) groups excluding carboxylic acids is 1. The Labute approximate surface area is 147 Å². The number of aromatic nitrogens is 3. The lowest BCUT2D eigenvalue weighted by molar-refractivity contribution is -0.137. The first-order valence-electron chi connectivity index (χ1n) is 8.01. The predicted molar refractivity (Wildman–Crippen MR) is 88.4 cm³/mol. The van der Waals surface area contributed by atoms with E-state index in [1.807, 2.05) is 0 Å². The molecule has 3 aromatic heterocycles. The van der Waals surface area contributed by atoms with Crippen LogP contribution in [-0.2, 0) is 0 Å². The van der Waals surface area contributed by atoms with Crippen molar-refractivity contribution < 1.29 is 22.4 Å². The second-order valence-corrected chi connectivity index (χ2v) is 6.12. The monoisotopic (exact) mass is 366 g/mol. The number of aromatic amines is 1. The van der Waals surface area contributed by atoms with E-state index in [-0.39, 0.29) is 5.76 Å². The molecule has 3 heterocycles. The van der Waals surface area contributed by atoms with E-state index in [1.165, 1.54) is 18.7 Å². The number of furan rings is 1. The predicted octanol–water partition coefficient (Wildman–Crippen LogP) is 4.02. The molecule has 26 heavy (non-hydrogen) atoms. The van der Waals surface area contributed by atoms with Crippen LogP contribution < -0.4 is 0 Å². The molecular weight excluding hydrogens is 349 g/mol. The minimum Gasteiger partial charge on any atom is -0.458 e. The van der Waals surface area contributed by atoms with E-state index in [0.29, 0.717) is 16.9 Å². The number of halogens is 3. The lowest BCUT2D eigenvalue weighted by atomic mass is 10.1. The molecule has 1 amide bonds. The van der Waals surface area contributed by atoms with Crippen LogP contribution in [0.3, 0.4) is 0 Å². The number of amides is 1. The van der Waals surface area contributed by atoms with E-state index in [4.69, 9.17) is 4.42 Å². The summed E-state index contributed by atoms with van der Waals surface area (Å²) in [6.07, 6.45) is -0.938. The van der Waals surface area contributed by atoms with Crippen LogP contribution in [0.4, 0.5) is 13.2 Å². The average molecular weight is 366 g/mol. The van der Waals surface area contributed by atoms with Crippen molar-refractivity contribution in [2.45, 2.75) is 32.5 Å². The number of H-pyrrole nitrogens is 1. The van der Waals surface area contributed by atoms with Crippen LogP contribution in [0.1, 0.15) is 30.8 Å². The molecule has 0 unspecified atom stereocenters. The molecule has 0 radical (unpaired) electrons. The summed E-state index contributed by atoms with van der Waals surface area (Å²) in [6, 6.07) is 2.89. The van der Waals surface area contributed by atoms with Crippen molar-refractivity contribution in [1.29, 1.82) is 0 Å². The molecule has 0 atom stereocenters. The van der Waals surface area contributed by atoms with Crippen LogP contribution >= 0.6 is 0 Å². The number of hydrogen-bond acceptors (Lipinski definition) is 4. The maximum absolute atomic E-state index is 12.6. The first-order valence-corrected chi connectivity index (χ1v) is 8.01. The van der Waals surface area contributed by atoms with E-state index in [0.717, 1.165) is 10.3 Å². The number of alkyl halides is 3. The fourth-order valence-corrected chi connectivity index (χ4v) is 2.66. The molecule has 0 saturated carbocycles. The molecule has 9 heteroatoms. The summed E-state index contributed by atoms with van der Waals surface area (Å²) < 4.78 is 42.9. The zero-order valence-electron chi connectivity index (χ0n) is 14.2. The zero-order chi connectivity index (χ0) is 18.9. The smallest absolute Gasteiger partial charge is 0.390 e. The summed E-state index contributed by atoms with van der Waals surface area (Å²) in [5, 5.41) is 0.755. The number of rotatable bonds is 5. The molecule has 0 aliphatic heterocycles. The standard InChI is InChI=1S/C17H17F3N4O2/c1-10(2)24(6-4-17(18,19)20)16(25)13-7-11(8-26-13)14-12-3-5-21-15(12)23-9-22-14/h3,5,7-10H,4,6H2,1-2H3,(H,21,22,23). The van der Waals surface area contributed by atoms with E-state index in [9.17, 15) is 18.0 Å². The second kappa shape index (κ2) is 6.81. The number of hydrogen-bond donors (Lipinski definition) is 1. The van der Waals surface area contributed by atoms with Gasteiger partial charge in [0.1, 0.15) is 18.2 Å². The van der Waals surface area contributed by atoms with E-state index >= 15 is 0 Å². The van der Waals surface area contributed by atoms with Crippen molar-refractivity contribution in [2.75, 3.05) is 6.54 Å².